The summed E-state index contributed by atoms with van der Waals surface area (Å²) in [7, 11) is 0. The minimum absolute atomic E-state index is 0.176. The molecule has 0 bridgehead atoms. The van der Waals surface area contributed by atoms with Gasteiger partial charge in [0.25, 0.3) is 0 Å². The van der Waals surface area contributed by atoms with E-state index >= 15 is 0 Å². The zero-order valence-corrected chi connectivity index (χ0v) is 15.5. The Morgan fingerprint density at radius 1 is 0.885 bits per heavy atom. The topological polar surface area (TPSA) is 0 Å². The molecule has 2 aromatic rings. The van der Waals surface area contributed by atoms with E-state index in [9.17, 15) is 13.2 Å². The van der Waals surface area contributed by atoms with Crippen molar-refractivity contribution in [3.05, 3.63) is 70.0 Å². The Hall–Kier alpha value is -1.77. The van der Waals surface area contributed by atoms with E-state index in [1.165, 1.54) is 43.5 Å². The molecule has 0 fully saturated rings. The number of halogens is 3. The van der Waals surface area contributed by atoms with Gasteiger partial charge in [-0.05, 0) is 79.0 Å². The molecule has 0 aliphatic heterocycles. The summed E-state index contributed by atoms with van der Waals surface area (Å²) in [6.45, 7) is 2.17. The molecule has 0 N–H and O–H groups in total. The molecule has 3 rings (SSSR count). The fraction of sp³-hybridized carbons (Fsp3) is 0.478. The first-order chi connectivity index (χ1) is 12.6. The minimum atomic E-state index is -0.446. The first kappa shape index (κ1) is 19.0. The average Bonchev–Trinajstić information content (AvgIpc) is 2.60. The highest BCUT2D eigenvalue weighted by Crippen LogP contribution is 2.36. The molecule has 0 heterocycles. The molecule has 0 saturated carbocycles. The third-order valence-corrected chi connectivity index (χ3v) is 5.51. The van der Waals surface area contributed by atoms with Gasteiger partial charge in [0.1, 0.15) is 17.5 Å². The molecule has 140 valence electrons. The molecule has 0 spiro atoms. The highest BCUT2D eigenvalue weighted by Gasteiger charge is 2.26. The molecule has 0 nitrogen and oxygen atoms in total. The normalized spacial score (nSPS) is 16.5. The first-order valence-corrected chi connectivity index (χ1v) is 9.83. The molecule has 1 unspecified atom stereocenters. The fourth-order valence-corrected chi connectivity index (χ4v) is 4.08. The summed E-state index contributed by atoms with van der Waals surface area (Å²) < 4.78 is 42.8. The summed E-state index contributed by atoms with van der Waals surface area (Å²) in [5.41, 5.74) is 2.88. The van der Waals surface area contributed by atoms with E-state index in [2.05, 4.69) is 6.92 Å². The van der Waals surface area contributed by atoms with E-state index in [0.29, 0.717) is 12.8 Å². The number of aryl methyl sites for hydroxylation is 2. The van der Waals surface area contributed by atoms with Gasteiger partial charge in [-0.15, -0.1) is 0 Å². The number of rotatable bonds is 7. The van der Waals surface area contributed by atoms with Crippen LogP contribution in [0.1, 0.15) is 73.6 Å². The minimum Gasteiger partial charge on any atom is -0.207 e. The lowest BCUT2D eigenvalue weighted by molar-refractivity contribution is 0.487. The van der Waals surface area contributed by atoms with Crippen LogP contribution >= 0.6 is 0 Å². The third kappa shape index (κ3) is 4.49. The van der Waals surface area contributed by atoms with Crippen molar-refractivity contribution >= 4 is 0 Å². The zero-order valence-electron chi connectivity index (χ0n) is 15.5. The third-order valence-electron chi connectivity index (χ3n) is 5.51. The van der Waals surface area contributed by atoms with Gasteiger partial charge in [0.05, 0.1) is 0 Å². The van der Waals surface area contributed by atoms with Gasteiger partial charge >= 0.3 is 0 Å². The van der Waals surface area contributed by atoms with Crippen LogP contribution in [-0.4, -0.2) is 0 Å². The van der Waals surface area contributed by atoms with Crippen molar-refractivity contribution in [2.45, 2.75) is 70.6 Å². The second kappa shape index (κ2) is 8.75. The quantitative estimate of drug-likeness (QED) is 0.472. The van der Waals surface area contributed by atoms with Crippen LogP contribution in [0.15, 0.2) is 30.3 Å². The van der Waals surface area contributed by atoms with Crippen LogP contribution in [0.3, 0.4) is 0 Å². The molecule has 0 saturated heterocycles. The van der Waals surface area contributed by atoms with Crippen LogP contribution in [-0.2, 0) is 19.3 Å². The number of hydrogen-bond acceptors (Lipinski definition) is 0. The van der Waals surface area contributed by atoms with Gasteiger partial charge in [-0.1, -0.05) is 38.7 Å². The Bertz CT molecular complexity index is 728. The van der Waals surface area contributed by atoms with E-state index in [-0.39, 0.29) is 17.3 Å². The summed E-state index contributed by atoms with van der Waals surface area (Å²) in [6.07, 6.45) is 8.29. The maximum Gasteiger partial charge on any atom is 0.129 e. The van der Waals surface area contributed by atoms with Crippen LogP contribution in [0, 0.1) is 17.5 Å². The second-order valence-electron chi connectivity index (χ2n) is 7.49. The number of benzene rings is 2. The summed E-state index contributed by atoms with van der Waals surface area (Å²) >= 11 is 0. The molecule has 0 aromatic heterocycles. The molecular weight excluding hydrogens is 333 g/mol. The molecule has 3 heteroatoms. The molecule has 0 amide bonds. The van der Waals surface area contributed by atoms with Gasteiger partial charge < -0.3 is 0 Å². The average molecular weight is 360 g/mol. The predicted molar refractivity (Wildman–Crippen MR) is 100.0 cm³/mol. The maximum atomic E-state index is 14.7. The monoisotopic (exact) mass is 360 g/mol. The number of fused-ring (bicyclic) bond motifs is 1. The van der Waals surface area contributed by atoms with Crippen molar-refractivity contribution in [3.8, 4) is 0 Å². The van der Waals surface area contributed by atoms with Crippen molar-refractivity contribution in [1.82, 2.24) is 0 Å². The summed E-state index contributed by atoms with van der Waals surface area (Å²) in [5.74, 6) is -1.40. The Morgan fingerprint density at radius 2 is 1.62 bits per heavy atom. The van der Waals surface area contributed by atoms with Gasteiger partial charge in [0.15, 0.2) is 0 Å². The van der Waals surface area contributed by atoms with Crippen LogP contribution in [0.4, 0.5) is 13.2 Å². The van der Waals surface area contributed by atoms with Crippen LogP contribution < -0.4 is 0 Å². The lowest BCUT2D eigenvalue weighted by Gasteiger charge is -2.26. The summed E-state index contributed by atoms with van der Waals surface area (Å²) in [5, 5.41) is 0. The van der Waals surface area contributed by atoms with E-state index in [1.54, 1.807) is 6.07 Å². The molecule has 2 aromatic carbocycles. The number of unbranched alkanes of at least 4 members (excludes halogenated alkanes) is 4. The SMILES string of the molecule is CCCCCCCc1cc(F)c(C2CCc3ccc(F)cc3C2)c(F)c1. The van der Waals surface area contributed by atoms with Crippen LogP contribution in [0.25, 0.3) is 0 Å². The Kier molecular flexibility index (Phi) is 6.39. The lowest BCUT2D eigenvalue weighted by atomic mass is 9.79. The van der Waals surface area contributed by atoms with Gasteiger partial charge in [0, 0.05) is 5.56 Å². The molecule has 1 atom stereocenters. The largest absolute Gasteiger partial charge is 0.207 e. The summed E-state index contributed by atoms with van der Waals surface area (Å²) in [6, 6.07) is 7.74. The van der Waals surface area contributed by atoms with Gasteiger partial charge in [-0.25, -0.2) is 13.2 Å². The Morgan fingerprint density at radius 3 is 2.35 bits per heavy atom. The molecule has 0 radical (unpaired) electrons. The van der Waals surface area contributed by atoms with Crippen LogP contribution in [0.5, 0.6) is 0 Å². The highest BCUT2D eigenvalue weighted by molar-refractivity contribution is 5.36. The molecule has 1 aliphatic carbocycles. The van der Waals surface area contributed by atoms with Crippen molar-refractivity contribution in [3.63, 3.8) is 0 Å². The standard InChI is InChI=1S/C23H27F3/c1-2-3-4-5-6-7-16-12-21(25)23(22(26)13-16)18-9-8-17-10-11-20(24)15-19(17)14-18/h10-13,15,18H,2-9,14H2,1H3. The molecule has 26 heavy (non-hydrogen) atoms. The van der Waals surface area contributed by atoms with Gasteiger partial charge in [0.2, 0.25) is 0 Å². The van der Waals surface area contributed by atoms with Crippen molar-refractivity contribution < 1.29 is 13.2 Å². The van der Waals surface area contributed by atoms with Crippen molar-refractivity contribution in [1.29, 1.82) is 0 Å². The maximum absolute atomic E-state index is 14.7. The lowest BCUT2D eigenvalue weighted by Crippen LogP contribution is -2.16. The van der Waals surface area contributed by atoms with Gasteiger partial charge in [-0.2, -0.15) is 0 Å². The number of hydrogen-bond donors (Lipinski definition) is 0. The van der Waals surface area contributed by atoms with Crippen LogP contribution in [0.2, 0.25) is 0 Å². The van der Waals surface area contributed by atoms with E-state index in [0.717, 1.165) is 42.4 Å². The Balaban J connectivity index is 1.71. The smallest absolute Gasteiger partial charge is 0.129 e. The molecular formula is C23H27F3. The van der Waals surface area contributed by atoms with Crippen molar-refractivity contribution in [2.75, 3.05) is 0 Å². The van der Waals surface area contributed by atoms with E-state index < -0.39 is 11.6 Å². The second-order valence-corrected chi connectivity index (χ2v) is 7.49. The molecule has 1 aliphatic rings. The van der Waals surface area contributed by atoms with E-state index in [1.807, 2.05) is 0 Å². The van der Waals surface area contributed by atoms with Gasteiger partial charge in [-0.3, -0.25) is 0 Å². The highest BCUT2D eigenvalue weighted by atomic mass is 19.1. The zero-order chi connectivity index (χ0) is 18.5. The summed E-state index contributed by atoms with van der Waals surface area (Å²) in [4.78, 5) is 0. The fourth-order valence-electron chi connectivity index (χ4n) is 4.08. The predicted octanol–water partition coefficient (Wildman–Crippen LogP) is 6.89. The first-order valence-electron chi connectivity index (χ1n) is 9.83. The van der Waals surface area contributed by atoms with E-state index in [4.69, 9.17) is 0 Å². The van der Waals surface area contributed by atoms with Crippen molar-refractivity contribution in [2.24, 2.45) is 0 Å². The Labute approximate surface area is 154 Å².